The highest BCUT2D eigenvalue weighted by Crippen LogP contribution is 2.40. The number of carbonyl (C=O) groups excluding carboxylic acids is 3. The van der Waals surface area contributed by atoms with Gasteiger partial charge in [-0.3, -0.25) is 14.4 Å². The van der Waals surface area contributed by atoms with Gasteiger partial charge in [0.25, 0.3) is 0 Å². The molecule has 29 heavy (non-hydrogen) atoms. The lowest BCUT2D eigenvalue weighted by Crippen LogP contribution is -2.33. The van der Waals surface area contributed by atoms with Gasteiger partial charge in [0.2, 0.25) is 0 Å². The van der Waals surface area contributed by atoms with Gasteiger partial charge in [-0.15, -0.1) is 0 Å². The van der Waals surface area contributed by atoms with Crippen LogP contribution in [0.15, 0.2) is 46.5 Å². The van der Waals surface area contributed by atoms with Crippen LogP contribution in [-0.2, 0) is 23.9 Å². The van der Waals surface area contributed by atoms with Gasteiger partial charge in [-0.05, 0) is 47.7 Å². The molecule has 1 aliphatic carbocycles. The van der Waals surface area contributed by atoms with Crippen LogP contribution in [0.5, 0.6) is 0 Å². The maximum atomic E-state index is 12.6. The first-order valence-electron chi connectivity index (χ1n) is 10.1. The molecule has 0 N–H and O–H groups in total. The number of hydrogen-bond acceptors (Lipinski definition) is 5. The Balaban J connectivity index is 2.90. The fourth-order valence-corrected chi connectivity index (χ4v) is 3.64. The van der Waals surface area contributed by atoms with Gasteiger partial charge in [0.15, 0.2) is 11.4 Å². The third-order valence-electron chi connectivity index (χ3n) is 4.54. The number of ether oxygens (including phenoxy) is 2. The van der Waals surface area contributed by atoms with Crippen LogP contribution in [-0.4, -0.2) is 30.4 Å². The predicted molar refractivity (Wildman–Crippen MR) is 118 cm³/mol. The maximum absolute atomic E-state index is 12.6. The lowest BCUT2D eigenvalue weighted by Gasteiger charge is -2.27. The van der Waals surface area contributed by atoms with Crippen molar-refractivity contribution in [3.05, 3.63) is 46.5 Å². The molecule has 0 aliphatic heterocycles. The summed E-state index contributed by atoms with van der Waals surface area (Å²) in [6.45, 7) is 3.50. The Kier molecular flexibility index (Phi) is 11.5. The zero-order valence-electron chi connectivity index (χ0n) is 17.5. The number of esters is 2. The van der Waals surface area contributed by atoms with Crippen LogP contribution in [0.25, 0.3) is 0 Å². The van der Waals surface area contributed by atoms with Gasteiger partial charge in [0.1, 0.15) is 0 Å². The average molecular weight is 467 g/mol. The molecule has 0 radical (unpaired) electrons. The molecule has 160 valence electrons. The Morgan fingerprint density at radius 3 is 2.52 bits per heavy atom. The summed E-state index contributed by atoms with van der Waals surface area (Å²) < 4.78 is 10.6. The number of rotatable bonds is 12. The second-order valence-corrected chi connectivity index (χ2v) is 7.81. The second-order valence-electron chi connectivity index (χ2n) is 6.95. The predicted octanol–water partition coefficient (Wildman–Crippen LogP) is 5.50. The lowest BCUT2D eigenvalue weighted by molar-refractivity contribution is -0.149. The Hall–Kier alpha value is -1.95. The lowest BCUT2D eigenvalue weighted by atomic mass is 9.91. The minimum atomic E-state index is -1.10. The van der Waals surface area contributed by atoms with Crippen molar-refractivity contribution < 1.29 is 23.9 Å². The number of hydrogen-bond donors (Lipinski definition) is 0. The van der Waals surface area contributed by atoms with E-state index in [2.05, 4.69) is 33.7 Å². The standard InChI is InChI=1S/C23H31BrO5/c1-4-5-6-7-10-13-16-23(29-18(2)25)17-20(24)22(27)19(23)14-11-8-9-12-15-21(26)28-3/h8,10-11,13-14,17H,4-7,9,12,15-16H2,1-3H3/b11-8+,13-10-,19-14-. The van der Waals surface area contributed by atoms with E-state index in [1.807, 2.05) is 12.2 Å². The number of methoxy groups -OCH3 is 1. The van der Waals surface area contributed by atoms with E-state index in [0.29, 0.717) is 35.7 Å². The highest BCUT2D eigenvalue weighted by atomic mass is 79.9. The summed E-state index contributed by atoms with van der Waals surface area (Å²) in [6, 6.07) is 0. The summed E-state index contributed by atoms with van der Waals surface area (Å²) in [5, 5.41) is 0. The molecule has 1 atom stereocenters. The Bertz CT molecular complexity index is 702. The van der Waals surface area contributed by atoms with Crippen molar-refractivity contribution in [2.24, 2.45) is 0 Å². The number of ketones is 1. The summed E-state index contributed by atoms with van der Waals surface area (Å²) >= 11 is 3.29. The van der Waals surface area contributed by atoms with E-state index in [9.17, 15) is 14.4 Å². The first kappa shape index (κ1) is 25.1. The quantitative estimate of drug-likeness (QED) is 0.164. The Morgan fingerprint density at radius 2 is 1.86 bits per heavy atom. The highest BCUT2D eigenvalue weighted by Gasteiger charge is 2.44. The number of allylic oxidation sites excluding steroid dienone is 5. The largest absolute Gasteiger partial charge is 0.469 e. The number of halogens is 1. The fourth-order valence-electron chi connectivity index (χ4n) is 3.05. The zero-order valence-corrected chi connectivity index (χ0v) is 19.1. The molecule has 1 aliphatic rings. The van der Waals surface area contributed by atoms with Crippen LogP contribution in [0.4, 0.5) is 0 Å². The molecule has 0 saturated carbocycles. The average Bonchev–Trinajstić information content (AvgIpc) is 2.90. The van der Waals surface area contributed by atoms with E-state index < -0.39 is 11.6 Å². The molecular formula is C23H31BrO5. The minimum Gasteiger partial charge on any atom is -0.469 e. The van der Waals surface area contributed by atoms with Crippen molar-refractivity contribution >= 4 is 33.7 Å². The molecular weight excluding hydrogens is 436 g/mol. The van der Waals surface area contributed by atoms with Gasteiger partial charge in [-0.2, -0.15) is 0 Å². The Labute approximate surface area is 182 Å². The van der Waals surface area contributed by atoms with Crippen molar-refractivity contribution in [3.63, 3.8) is 0 Å². The summed E-state index contributed by atoms with van der Waals surface area (Å²) in [7, 11) is 1.37. The van der Waals surface area contributed by atoms with E-state index in [1.165, 1.54) is 20.5 Å². The van der Waals surface area contributed by atoms with Gasteiger partial charge < -0.3 is 9.47 Å². The Morgan fingerprint density at radius 1 is 1.14 bits per heavy atom. The number of unbranched alkanes of at least 4 members (excludes halogenated alkanes) is 4. The summed E-state index contributed by atoms with van der Waals surface area (Å²) in [5.74, 6) is -0.871. The van der Waals surface area contributed by atoms with Crippen molar-refractivity contribution in [1.29, 1.82) is 0 Å². The molecule has 0 fully saturated rings. The molecule has 0 aromatic rings. The first-order chi connectivity index (χ1) is 13.9. The smallest absolute Gasteiger partial charge is 0.305 e. The van der Waals surface area contributed by atoms with Crippen LogP contribution >= 0.6 is 15.9 Å². The van der Waals surface area contributed by atoms with Crippen LogP contribution in [0.1, 0.15) is 65.2 Å². The molecule has 0 saturated heterocycles. The normalized spacial score (nSPS) is 20.6. The van der Waals surface area contributed by atoms with Gasteiger partial charge in [0, 0.05) is 25.3 Å². The summed E-state index contributed by atoms with van der Waals surface area (Å²) in [5.41, 5.74) is -0.679. The fraction of sp³-hybridized carbons (Fsp3) is 0.522. The van der Waals surface area contributed by atoms with E-state index in [1.54, 1.807) is 18.2 Å². The van der Waals surface area contributed by atoms with E-state index in [4.69, 9.17) is 4.74 Å². The molecule has 1 rings (SSSR count). The summed E-state index contributed by atoms with van der Waals surface area (Å²) in [6.07, 6.45) is 17.6. The first-order valence-corrected chi connectivity index (χ1v) is 10.9. The zero-order chi connectivity index (χ0) is 21.7. The van der Waals surface area contributed by atoms with E-state index in [-0.39, 0.29) is 11.8 Å². The second kappa shape index (κ2) is 13.3. The summed E-state index contributed by atoms with van der Waals surface area (Å²) in [4.78, 5) is 35.5. The molecule has 0 aromatic carbocycles. The van der Waals surface area contributed by atoms with Crippen molar-refractivity contribution in [3.8, 4) is 0 Å². The molecule has 1 unspecified atom stereocenters. The topological polar surface area (TPSA) is 69.7 Å². The van der Waals surface area contributed by atoms with Crippen molar-refractivity contribution in [1.82, 2.24) is 0 Å². The molecule has 0 amide bonds. The number of carbonyl (C=O) groups is 3. The van der Waals surface area contributed by atoms with Crippen LogP contribution in [0, 0.1) is 0 Å². The molecule has 5 nitrogen and oxygen atoms in total. The maximum Gasteiger partial charge on any atom is 0.305 e. The van der Waals surface area contributed by atoms with Crippen LogP contribution < -0.4 is 0 Å². The van der Waals surface area contributed by atoms with Crippen LogP contribution in [0.3, 0.4) is 0 Å². The number of Topliss-reactive ketones (excluding diaryl/α,β-unsaturated/α-hetero) is 1. The monoisotopic (exact) mass is 466 g/mol. The third kappa shape index (κ3) is 8.52. The molecule has 0 bridgehead atoms. The van der Waals surface area contributed by atoms with Crippen molar-refractivity contribution in [2.75, 3.05) is 7.11 Å². The van der Waals surface area contributed by atoms with Gasteiger partial charge >= 0.3 is 11.9 Å². The van der Waals surface area contributed by atoms with Gasteiger partial charge in [-0.25, -0.2) is 0 Å². The van der Waals surface area contributed by atoms with E-state index >= 15 is 0 Å². The molecule has 0 spiro atoms. The third-order valence-corrected chi connectivity index (χ3v) is 5.13. The molecule has 0 heterocycles. The molecule has 6 heteroatoms. The minimum absolute atomic E-state index is 0.190. The molecule has 0 aromatic heterocycles. The highest BCUT2D eigenvalue weighted by molar-refractivity contribution is 9.12. The van der Waals surface area contributed by atoms with Crippen molar-refractivity contribution in [2.45, 2.75) is 70.8 Å². The van der Waals surface area contributed by atoms with Gasteiger partial charge in [-0.1, -0.05) is 50.1 Å². The SMILES string of the molecule is CCCCC/C=C\CC1(OC(C)=O)C=C(Br)C(=O)/C1=C/C=C/CCCC(=O)OC. The van der Waals surface area contributed by atoms with E-state index in [0.717, 1.165) is 19.3 Å². The van der Waals surface area contributed by atoms with Gasteiger partial charge in [0.05, 0.1) is 11.6 Å². The van der Waals surface area contributed by atoms with Crippen LogP contribution in [0.2, 0.25) is 0 Å².